The second kappa shape index (κ2) is 8.92. The smallest absolute Gasteiger partial charge is 0.338 e. The molecule has 1 heterocycles. The van der Waals surface area contributed by atoms with Gasteiger partial charge in [-0.25, -0.2) is 9.48 Å². The van der Waals surface area contributed by atoms with Gasteiger partial charge in [-0.15, -0.1) is 5.10 Å². The van der Waals surface area contributed by atoms with Crippen LogP contribution >= 0.6 is 0 Å². The number of hydrogen-bond acceptors (Lipinski definition) is 6. The quantitative estimate of drug-likeness (QED) is 0.633. The normalized spacial score (nSPS) is 10.5. The number of hydrogen-bond donors (Lipinski definition) is 1. The molecule has 28 heavy (non-hydrogen) atoms. The summed E-state index contributed by atoms with van der Waals surface area (Å²) in [5.74, 6) is -0.827. The van der Waals surface area contributed by atoms with Crippen molar-refractivity contribution in [3.8, 4) is 5.69 Å². The first kappa shape index (κ1) is 19.2. The van der Waals surface area contributed by atoms with Crippen molar-refractivity contribution < 1.29 is 19.1 Å². The molecule has 3 aromatic rings. The van der Waals surface area contributed by atoms with Crippen LogP contribution < -0.4 is 5.32 Å². The molecular formula is C20H20N4O4. The highest BCUT2D eigenvalue weighted by Crippen LogP contribution is 2.17. The Morgan fingerprint density at radius 2 is 1.79 bits per heavy atom. The minimum absolute atomic E-state index is 0.167. The van der Waals surface area contributed by atoms with Gasteiger partial charge in [0.15, 0.2) is 5.69 Å². The molecule has 0 radical (unpaired) electrons. The number of anilines is 1. The van der Waals surface area contributed by atoms with E-state index in [0.717, 1.165) is 5.69 Å². The van der Waals surface area contributed by atoms with E-state index in [0.29, 0.717) is 23.6 Å². The Morgan fingerprint density at radius 3 is 2.43 bits per heavy atom. The van der Waals surface area contributed by atoms with Gasteiger partial charge in [-0.1, -0.05) is 23.4 Å². The Bertz CT molecular complexity index is 952. The van der Waals surface area contributed by atoms with Crippen molar-refractivity contribution in [3.05, 3.63) is 71.5 Å². The Labute approximate surface area is 162 Å². The lowest BCUT2D eigenvalue weighted by atomic mass is 10.2. The van der Waals surface area contributed by atoms with E-state index in [-0.39, 0.29) is 12.3 Å². The first-order valence-corrected chi connectivity index (χ1v) is 8.71. The van der Waals surface area contributed by atoms with Gasteiger partial charge >= 0.3 is 5.97 Å². The van der Waals surface area contributed by atoms with Crippen molar-refractivity contribution in [1.29, 1.82) is 0 Å². The topological polar surface area (TPSA) is 95.3 Å². The lowest BCUT2D eigenvalue weighted by molar-refractivity contribution is 0.0526. The number of para-hydroxylation sites is 1. The van der Waals surface area contributed by atoms with Crippen LogP contribution in [-0.4, -0.2) is 40.6 Å². The summed E-state index contributed by atoms with van der Waals surface area (Å²) < 4.78 is 11.7. The number of amides is 1. The summed E-state index contributed by atoms with van der Waals surface area (Å²) in [4.78, 5) is 24.4. The van der Waals surface area contributed by atoms with Crippen LogP contribution in [0.1, 0.15) is 33.5 Å². The number of carbonyl (C=O) groups is 2. The van der Waals surface area contributed by atoms with Crippen molar-refractivity contribution in [2.75, 3.05) is 19.0 Å². The van der Waals surface area contributed by atoms with Crippen LogP contribution in [0.3, 0.4) is 0 Å². The summed E-state index contributed by atoms with van der Waals surface area (Å²) in [6, 6.07) is 15.8. The second-order valence-electron chi connectivity index (χ2n) is 5.82. The number of nitrogens with one attached hydrogen (secondary N) is 1. The van der Waals surface area contributed by atoms with E-state index < -0.39 is 11.9 Å². The molecule has 0 aliphatic carbocycles. The van der Waals surface area contributed by atoms with Crippen LogP contribution in [0.2, 0.25) is 0 Å². The average Bonchev–Trinajstić information content (AvgIpc) is 3.13. The lowest BCUT2D eigenvalue weighted by Gasteiger charge is -2.08. The minimum Gasteiger partial charge on any atom is -0.462 e. The molecule has 8 nitrogen and oxygen atoms in total. The minimum atomic E-state index is -0.418. The molecule has 0 bridgehead atoms. The maximum absolute atomic E-state index is 12.7. The SMILES string of the molecule is CCOC(=O)c1ccc(NC(=O)c2nnn(-c3ccccc3)c2COC)cc1. The van der Waals surface area contributed by atoms with E-state index in [4.69, 9.17) is 9.47 Å². The summed E-state index contributed by atoms with van der Waals surface area (Å²) in [5.41, 5.74) is 2.42. The zero-order valence-corrected chi connectivity index (χ0v) is 15.6. The number of esters is 1. The Balaban J connectivity index is 1.81. The first-order valence-electron chi connectivity index (χ1n) is 8.71. The predicted octanol–water partition coefficient (Wildman–Crippen LogP) is 2.84. The maximum Gasteiger partial charge on any atom is 0.338 e. The molecule has 0 saturated carbocycles. The fourth-order valence-electron chi connectivity index (χ4n) is 2.62. The zero-order valence-electron chi connectivity index (χ0n) is 15.6. The van der Waals surface area contributed by atoms with Gasteiger partial charge in [0.25, 0.3) is 5.91 Å². The molecule has 1 amide bonds. The van der Waals surface area contributed by atoms with Crippen LogP contribution in [0.4, 0.5) is 5.69 Å². The maximum atomic E-state index is 12.7. The summed E-state index contributed by atoms with van der Waals surface area (Å²) >= 11 is 0. The highest BCUT2D eigenvalue weighted by Gasteiger charge is 2.21. The van der Waals surface area contributed by atoms with Gasteiger partial charge in [0.2, 0.25) is 0 Å². The molecule has 0 spiro atoms. The van der Waals surface area contributed by atoms with Crippen LogP contribution in [0.5, 0.6) is 0 Å². The number of methoxy groups -OCH3 is 1. The van der Waals surface area contributed by atoms with E-state index >= 15 is 0 Å². The molecule has 3 rings (SSSR count). The number of rotatable bonds is 7. The number of nitrogens with zero attached hydrogens (tertiary/aromatic N) is 3. The molecule has 1 N–H and O–H groups in total. The number of carbonyl (C=O) groups excluding carboxylic acids is 2. The van der Waals surface area contributed by atoms with E-state index in [2.05, 4.69) is 15.6 Å². The van der Waals surface area contributed by atoms with Gasteiger partial charge in [-0.3, -0.25) is 4.79 Å². The van der Waals surface area contributed by atoms with Crippen LogP contribution in [-0.2, 0) is 16.1 Å². The summed E-state index contributed by atoms with van der Waals surface area (Å²) in [6.45, 7) is 2.22. The van der Waals surface area contributed by atoms with Crippen molar-refractivity contribution in [3.63, 3.8) is 0 Å². The largest absolute Gasteiger partial charge is 0.462 e. The van der Waals surface area contributed by atoms with Gasteiger partial charge in [-0.2, -0.15) is 0 Å². The van der Waals surface area contributed by atoms with Crippen molar-refractivity contribution in [2.24, 2.45) is 0 Å². The third-order valence-corrected chi connectivity index (χ3v) is 3.91. The summed E-state index contributed by atoms with van der Waals surface area (Å²) in [5, 5.41) is 10.9. The van der Waals surface area contributed by atoms with Gasteiger partial charge < -0.3 is 14.8 Å². The molecule has 0 aliphatic rings. The van der Waals surface area contributed by atoms with Crippen LogP contribution in [0.25, 0.3) is 5.69 Å². The fourth-order valence-corrected chi connectivity index (χ4v) is 2.62. The molecule has 0 aliphatic heterocycles. The van der Waals surface area contributed by atoms with Gasteiger partial charge in [0.05, 0.1) is 24.5 Å². The lowest BCUT2D eigenvalue weighted by Crippen LogP contribution is -2.16. The number of ether oxygens (including phenoxy) is 2. The van der Waals surface area contributed by atoms with E-state index in [9.17, 15) is 9.59 Å². The van der Waals surface area contributed by atoms with E-state index in [1.807, 2.05) is 30.3 Å². The number of aromatic nitrogens is 3. The van der Waals surface area contributed by atoms with Crippen molar-refractivity contribution >= 4 is 17.6 Å². The Hall–Kier alpha value is -3.52. The third kappa shape index (κ3) is 4.24. The summed E-state index contributed by atoms with van der Waals surface area (Å²) in [7, 11) is 1.54. The number of benzene rings is 2. The molecule has 2 aromatic carbocycles. The molecular weight excluding hydrogens is 360 g/mol. The average molecular weight is 380 g/mol. The molecule has 0 saturated heterocycles. The second-order valence-corrected chi connectivity index (χ2v) is 5.82. The molecule has 0 unspecified atom stereocenters. The highest BCUT2D eigenvalue weighted by molar-refractivity contribution is 6.03. The molecule has 8 heteroatoms. The molecule has 1 aromatic heterocycles. The summed E-state index contributed by atoms with van der Waals surface area (Å²) in [6.07, 6.45) is 0. The fraction of sp³-hybridized carbons (Fsp3) is 0.200. The monoisotopic (exact) mass is 380 g/mol. The standard InChI is InChI=1S/C20H20N4O4/c1-3-28-20(26)14-9-11-15(12-10-14)21-19(25)18-17(13-27-2)24(23-22-18)16-7-5-4-6-8-16/h4-12H,3,13H2,1-2H3,(H,21,25). The van der Waals surface area contributed by atoms with Gasteiger partial charge in [0.1, 0.15) is 5.69 Å². The third-order valence-electron chi connectivity index (χ3n) is 3.91. The Kier molecular flexibility index (Phi) is 6.13. The van der Waals surface area contributed by atoms with Crippen LogP contribution in [0, 0.1) is 0 Å². The molecule has 0 atom stereocenters. The van der Waals surface area contributed by atoms with E-state index in [1.54, 1.807) is 35.9 Å². The van der Waals surface area contributed by atoms with Gasteiger partial charge in [0, 0.05) is 12.8 Å². The Morgan fingerprint density at radius 1 is 1.07 bits per heavy atom. The highest BCUT2D eigenvalue weighted by atomic mass is 16.5. The zero-order chi connectivity index (χ0) is 19.9. The predicted molar refractivity (Wildman–Crippen MR) is 102 cm³/mol. The van der Waals surface area contributed by atoms with Crippen LogP contribution in [0.15, 0.2) is 54.6 Å². The first-order chi connectivity index (χ1) is 13.6. The van der Waals surface area contributed by atoms with Crippen molar-refractivity contribution in [2.45, 2.75) is 13.5 Å². The van der Waals surface area contributed by atoms with Gasteiger partial charge in [-0.05, 0) is 43.3 Å². The molecule has 144 valence electrons. The molecule has 0 fully saturated rings. The van der Waals surface area contributed by atoms with Crippen molar-refractivity contribution in [1.82, 2.24) is 15.0 Å². The van der Waals surface area contributed by atoms with E-state index in [1.165, 1.54) is 7.11 Å².